The van der Waals surface area contributed by atoms with E-state index in [0.29, 0.717) is 23.6 Å². The van der Waals surface area contributed by atoms with Gasteiger partial charge in [-0.15, -0.1) is 0 Å². The van der Waals surface area contributed by atoms with Gasteiger partial charge in [-0.3, -0.25) is 4.79 Å². The molecule has 5 nitrogen and oxygen atoms in total. The smallest absolute Gasteiger partial charge is 0.227 e. The van der Waals surface area contributed by atoms with Crippen LogP contribution in [0.15, 0.2) is 70.2 Å². The molecule has 1 aromatic heterocycles. The average molecular weight is 407 g/mol. The molecule has 0 N–H and O–H groups in total. The topological polar surface area (TPSA) is 67.6 Å². The average Bonchev–Trinajstić information content (AvgIpc) is 3.42. The van der Waals surface area contributed by atoms with E-state index in [0.717, 1.165) is 22.3 Å². The van der Waals surface area contributed by atoms with Crippen LogP contribution < -0.4 is 0 Å². The maximum absolute atomic E-state index is 13.1. The van der Waals surface area contributed by atoms with Gasteiger partial charge in [0.1, 0.15) is 5.76 Å². The van der Waals surface area contributed by atoms with Gasteiger partial charge in [0.15, 0.2) is 9.84 Å². The number of aryl methyl sites for hydroxylation is 1. The van der Waals surface area contributed by atoms with E-state index < -0.39 is 15.1 Å². The number of hydrogen-bond acceptors (Lipinski definition) is 4. The lowest BCUT2D eigenvalue weighted by Gasteiger charge is -2.18. The highest BCUT2D eigenvalue weighted by molar-refractivity contribution is 7.92. The van der Waals surface area contributed by atoms with Crippen molar-refractivity contribution in [1.82, 2.24) is 4.90 Å². The first-order chi connectivity index (χ1) is 13.9. The third-order valence-corrected chi connectivity index (χ3v) is 8.40. The lowest BCUT2D eigenvalue weighted by Crippen LogP contribution is -2.33. The number of carbonyl (C=O) groups is 1. The third kappa shape index (κ3) is 2.90. The van der Waals surface area contributed by atoms with Crippen LogP contribution in [0.2, 0.25) is 0 Å². The maximum atomic E-state index is 13.1. The molecule has 0 aliphatic carbocycles. The molecule has 1 amide bonds. The fourth-order valence-corrected chi connectivity index (χ4v) is 6.69. The van der Waals surface area contributed by atoms with Gasteiger partial charge >= 0.3 is 0 Å². The van der Waals surface area contributed by atoms with Crippen LogP contribution in [0.1, 0.15) is 22.6 Å². The zero-order valence-electron chi connectivity index (χ0n) is 16.0. The number of nitrogens with zero attached hydrogens (tertiary/aromatic N) is 1. The van der Waals surface area contributed by atoms with Crippen molar-refractivity contribution in [2.45, 2.75) is 29.4 Å². The largest absolute Gasteiger partial charge is 0.464 e. The first-order valence-corrected chi connectivity index (χ1v) is 11.2. The standard InChI is InChI=1S/C23H21NO4S/c1-15-5-2-3-6-16(15)12-23(25)24-13-19-18-11-17(20-7-4-10-28-20)8-9-21(18)29(26,27)22(19)14-24/h2-11,19,22H,12-14H2,1H3/t19-,22-/m1/s1. The second-order valence-electron chi connectivity index (χ2n) is 7.82. The number of sulfone groups is 1. The van der Waals surface area contributed by atoms with E-state index in [9.17, 15) is 13.2 Å². The van der Waals surface area contributed by atoms with Gasteiger partial charge in [-0.05, 0) is 53.9 Å². The summed E-state index contributed by atoms with van der Waals surface area (Å²) in [5, 5.41) is -0.565. The highest BCUT2D eigenvalue weighted by Gasteiger charge is 2.51. The molecule has 1 fully saturated rings. The first kappa shape index (κ1) is 18.2. The second-order valence-corrected chi connectivity index (χ2v) is 9.96. The summed E-state index contributed by atoms with van der Waals surface area (Å²) in [4.78, 5) is 15.0. The van der Waals surface area contributed by atoms with E-state index in [1.165, 1.54) is 0 Å². The van der Waals surface area contributed by atoms with Crippen LogP contribution in [0, 0.1) is 6.92 Å². The van der Waals surface area contributed by atoms with Crippen molar-refractivity contribution in [2.75, 3.05) is 13.1 Å². The van der Waals surface area contributed by atoms with Crippen LogP contribution >= 0.6 is 0 Å². The van der Waals surface area contributed by atoms with E-state index in [1.54, 1.807) is 23.3 Å². The number of carbonyl (C=O) groups excluding carboxylic acids is 1. The summed E-state index contributed by atoms with van der Waals surface area (Å²) in [6.45, 7) is 2.67. The summed E-state index contributed by atoms with van der Waals surface area (Å²) < 4.78 is 31.6. The predicted molar refractivity (Wildman–Crippen MR) is 109 cm³/mol. The quantitative estimate of drug-likeness (QED) is 0.666. The molecular weight excluding hydrogens is 386 g/mol. The third-order valence-electron chi connectivity index (χ3n) is 6.14. The predicted octanol–water partition coefficient (Wildman–Crippen LogP) is 3.58. The number of benzene rings is 2. The Bertz CT molecular complexity index is 1200. The normalized spacial score (nSPS) is 21.8. The monoisotopic (exact) mass is 407 g/mol. The van der Waals surface area contributed by atoms with Crippen LogP contribution in [0.25, 0.3) is 11.3 Å². The molecule has 0 spiro atoms. The van der Waals surface area contributed by atoms with Crippen molar-refractivity contribution in [3.8, 4) is 11.3 Å². The number of hydrogen-bond donors (Lipinski definition) is 0. The fraction of sp³-hybridized carbons (Fsp3) is 0.261. The summed E-state index contributed by atoms with van der Waals surface area (Å²) in [6, 6.07) is 16.8. The Kier molecular flexibility index (Phi) is 4.13. The molecule has 5 rings (SSSR count). The van der Waals surface area contributed by atoms with Gasteiger partial charge < -0.3 is 9.32 Å². The molecule has 0 radical (unpaired) electrons. The maximum Gasteiger partial charge on any atom is 0.227 e. The van der Waals surface area contributed by atoms with Crippen molar-refractivity contribution >= 4 is 15.7 Å². The summed E-state index contributed by atoms with van der Waals surface area (Å²) in [7, 11) is -3.44. The van der Waals surface area contributed by atoms with Crippen LogP contribution in [0.3, 0.4) is 0 Å². The number of furan rings is 1. The number of fused-ring (bicyclic) bond motifs is 3. The molecule has 0 saturated carbocycles. The molecule has 1 saturated heterocycles. The number of amides is 1. The minimum atomic E-state index is -3.44. The van der Waals surface area contributed by atoms with Crippen LogP contribution in [0.4, 0.5) is 0 Å². The lowest BCUT2D eigenvalue weighted by atomic mass is 9.96. The molecule has 3 aromatic rings. The minimum absolute atomic E-state index is 0.0207. The number of rotatable bonds is 3. The Morgan fingerprint density at radius 3 is 2.69 bits per heavy atom. The molecular formula is C23H21NO4S. The van der Waals surface area contributed by atoms with Crippen molar-refractivity contribution in [2.24, 2.45) is 0 Å². The second kappa shape index (κ2) is 6.59. The van der Waals surface area contributed by atoms with Gasteiger partial charge in [0, 0.05) is 24.6 Å². The first-order valence-electron chi connectivity index (χ1n) is 9.69. The van der Waals surface area contributed by atoms with Gasteiger partial charge in [-0.25, -0.2) is 8.42 Å². The summed E-state index contributed by atoms with van der Waals surface area (Å²) >= 11 is 0. The Balaban J connectivity index is 1.44. The summed E-state index contributed by atoms with van der Waals surface area (Å²) in [6.07, 6.45) is 1.90. The van der Waals surface area contributed by atoms with Crippen LogP contribution in [-0.2, 0) is 21.1 Å². The lowest BCUT2D eigenvalue weighted by molar-refractivity contribution is -0.129. The van der Waals surface area contributed by atoms with Gasteiger partial charge in [-0.1, -0.05) is 24.3 Å². The highest BCUT2D eigenvalue weighted by Crippen LogP contribution is 2.46. The van der Waals surface area contributed by atoms with Crippen molar-refractivity contribution < 1.29 is 17.6 Å². The molecule has 2 aromatic carbocycles. The fourth-order valence-electron chi connectivity index (χ4n) is 4.53. The minimum Gasteiger partial charge on any atom is -0.464 e. The van der Waals surface area contributed by atoms with E-state index in [-0.39, 0.29) is 18.4 Å². The van der Waals surface area contributed by atoms with Crippen molar-refractivity contribution in [3.05, 3.63) is 77.6 Å². The number of likely N-dealkylation sites (tertiary alicyclic amines) is 1. The highest BCUT2D eigenvalue weighted by atomic mass is 32.2. The molecule has 29 heavy (non-hydrogen) atoms. The Hall–Kier alpha value is -2.86. The Morgan fingerprint density at radius 2 is 1.93 bits per heavy atom. The summed E-state index contributed by atoms with van der Waals surface area (Å²) in [5.74, 6) is 0.498. The molecule has 6 heteroatoms. The van der Waals surface area contributed by atoms with E-state index in [2.05, 4.69) is 0 Å². The van der Waals surface area contributed by atoms with Crippen LogP contribution in [-0.4, -0.2) is 37.6 Å². The Labute approximate surface area is 169 Å². The molecule has 148 valence electrons. The molecule has 2 aliphatic rings. The van der Waals surface area contributed by atoms with Crippen LogP contribution in [0.5, 0.6) is 0 Å². The van der Waals surface area contributed by atoms with Gasteiger partial charge in [0.25, 0.3) is 0 Å². The van der Waals surface area contributed by atoms with Gasteiger partial charge in [0.2, 0.25) is 5.91 Å². The Morgan fingerprint density at radius 1 is 1.10 bits per heavy atom. The van der Waals surface area contributed by atoms with E-state index >= 15 is 0 Å². The molecule has 0 bridgehead atoms. The van der Waals surface area contributed by atoms with E-state index in [4.69, 9.17) is 4.42 Å². The molecule has 3 heterocycles. The van der Waals surface area contributed by atoms with Crippen molar-refractivity contribution in [3.63, 3.8) is 0 Å². The molecule has 2 aliphatic heterocycles. The zero-order valence-corrected chi connectivity index (χ0v) is 16.9. The van der Waals surface area contributed by atoms with E-state index in [1.807, 2.05) is 49.4 Å². The van der Waals surface area contributed by atoms with Crippen molar-refractivity contribution in [1.29, 1.82) is 0 Å². The molecule has 0 unspecified atom stereocenters. The molecule has 2 atom stereocenters. The SMILES string of the molecule is Cc1ccccc1CC(=O)N1C[C@@H]2c3cc(-c4ccco4)ccc3S(=O)(=O)[C@@H]2C1. The summed E-state index contributed by atoms with van der Waals surface area (Å²) in [5.41, 5.74) is 3.71. The van der Waals surface area contributed by atoms with Gasteiger partial charge in [0.05, 0.1) is 22.8 Å². The van der Waals surface area contributed by atoms with Gasteiger partial charge in [-0.2, -0.15) is 0 Å². The zero-order chi connectivity index (χ0) is 20.2.